The van der Waals surface area contributed by atoms with Crippen molar-refractivity contribution in [1.82, 2.24) is 10.6 Å². The van der Waals surface area contributed by atoms with Crippen LogP contribution in [0.25, 0.3) is 0 Å². The Morgan fingerprint density at radius 2 is 2.00 bits per heavy atom. The van der Waals surface area contributed by atoms with Gasteiger partial charge in [-0.3, -0.25) is 10.1 Å². The molecule has 0 spiro atoms. The second-order valence-corrected chi connectivity index (χ2v) is 3.12. The molecule has 68 valence electrons. The van der Waals surface area contributed by atoms with Crippen LogP contribution in [0, 0.1) is 0 Å². The van der Waals surface area contributed by atoms with Crippen LogP contribution in [0.1, 0.15) is 18.2 Å². The second kappa shape index (κ2) is 3.58. The molecule has 0 saturated carbocycles. The molecule has 2 rings (SSSR count). The Labute approximate surface area is 77.1 Å². The Balaban J connectivity index is 2.13. The molecule has 1 aromatic carbocycles. The number of hydrogen-bond acceptors (Lipinski definition) is 2. The normalized spacial score (nSPS) is 22.5. The second-order valence-electron chi connectivity index (χ2n) is 3.12. The highest BCUT2D eigenvalue weighted by Gasteiger charge is 2.17. The Hall–Kier alpha value is -1.35. The van der Waals surface area contributed by atoms with Crippen LogP contribution in [0.3, 0.4) is 0 Å². The standard InChI is InChI=1S/C10H12N2O/c13-9-6-7-11-10(12-9)8-4-2-1-3-5-8/h1-5,10-11H,6-7H2,(H,12,13)/t10-/m0/s1. The summed E-state index contributed by atoms with van der Waals surface area (Å²) >= 11 is 0. The molecule has 0 aliphatic carbocycles. The molecule has 3 heteroatoms. The molecular weight excluding hydrogens is 164 g/mol. The van der Waals surface area contributed by atoms with Crippen molar-refractivity contribution in [2.24, 2.45) is 0 Å². The van der Waals surface area contributed by atoms with Crippen LogP contribution >= 0.6 is 0 Å². The summed E-state index contributed by atoms with van der Waals surface area (Å²) in [6.07, 6.45) is 0.561. The fourth-order valence-corrected chi connectivity index (χ4v) is 1.46. The van der Waals surface area contributed by atoms with E-state index in [1.54, 1.807) is 0 Å². The maximum absolute atomic E-state index is 11.1. The van der Waals surface area contributed by atoms with Gasteiger partial charge in [-0.1, -0.05) is 30.3 Å². The summed E-state index contributed by atoms with van der Waals surface area (Å²) in [5.74, 6) is 0.118. The lowest BCUT2D eigenvalue weighted by atomic mass is 10.1. The highest BCUT2D eigenvalue weighted by atomic mass is 16.1. The minimum Gasteiger partial charge on any atom is -0.337 e. The average Bonchev–Trinajstić information content (AvgIpc) is 2.19. The predicted octanol–water partition coefficient (Wildman–Crippen LogP) is 0.795. The van der Waals surface area contributed by atoms with Gasteiger partial charge in [0, 0.05) is 13.0 Å². The number of rotatable bonds is 1. The van der Waals surface area contributed by atoms with E-state index in [9.17, 15) is 4.79 Å². The Morgan fingerprint density at radius 3 is 2.69 bits per heavy atom. The number of benzene rings is 1. The SMILES string of the molecule is O=C1CCN[C@H](c2ccccc2)N1. The first kappa shape index (κ1) is 8.26. The van der Waals surface area contributed by atoms with Crippen molar-refractivity contribution in [2.75, 3.05) is 6.54 Å². The van der Waals surface area contributed by atoms with Crippen LogP contribution in [0.4, 0.5) is 0 Å². The zero-order valence-electron chi connectivity index (χ0n) is 7.29. The van der Waals surface area contributed by atoms with E-state index in [1.165, 1.54) is 0 Å². The van der Waals surface area contributed by atoms with Gasteiger partial charge in [0.05, 0.1) is 0 Å². The van der Waals surface area contributed by atoms with Gasteiger partial charge in [0.1, 0.15) is 6.17 Å². The van der Waals surface area contributed by atoms with E-state index in [2.05, 4.69) is 10.6 Å². The van der Waals surface area contributed by atoms with Crippen LogP contribution < -0.4 is 10.6 Å². The van der Waals surface area contributed by atoms with Crippen molar-refractivity contribution in [3.8, 4) is 0 Å². The van der Waals surface area contributed by atoms with E-state index >= 15 is 0 Å². The largest absolute Gasteiger partial charge is 0.337 e. The molecule has 0 bridgehead atoms. The van der Waals surface area contributed by atoms with Gasteiger partial charge in [0.25, 0.3) is 0 Å². The summed E-state index contributed by atoms with van der Waals surface area (Å²) in [4.78, 5) is 11.1. The predicted molar refractivity (Wildman–Crippen MR) is 49.9 cm³/mol. The van der Waals surface area contributed by atoms with E-state index < -0.39 is 0 Å². The fourth-order valence-electron chi connectivity index (χ4n) is 1.46. The van der Waals surface area contributed by atoms with Crippen LogP contribution in [-0.2, 0) is 4.79 Å². The van der Waals surface area contributed by atoms with Crippen LogP contribution in [0.15, 0.2) is 30.3 Å². The lowest BCUT2D eigenvalue weighted by Gasteiger charge is -2.24. The average molecular weight is 176 g/mol. The molecule has 1 amide bonds. The molecule has 0 unspecified atom stereocenters. The minimum absolute atomic E-state index is 0.0116. The van der Waals surface area contributed by atoms with Gasteiger partial charge in [-0.2, -0.15) is 0 Å². The summed E-state index contributed by atoms with van der Waals surface area (Å²) in [5.41, 5.74) is 1.11. The number of nitrogens with one attached hydrogen (secondary N) is 2. The Kier molecular flexibility index (Phi) is 2.27. The number of hydrogen-bond donors (Lipinski definition) is 2. The highest BCUT2D eigenvalue weighted by Crippen LogP contribution is 2.11. The smallest absolute Gasteiger partial charge is 0.222 e. The summed E-state index contributed by atoms with van der Waals surface area (Å²) in [6.45, 7) is 0.755. The molecule has 3 nitrogen and oxygen atoms in total. The molecular formula is C10H12N2O. The molecule has 13 heavy (non-hydrogen) atoms. The van der Waals surface area contributed by atoms with E-state index in [0.717, 1.165) is 12.1 Å². The third-order valence-electron chi connectivity index (χ3n) is 2.14. The number of carbonyl (C=O) groups is 1. The summed E-state index contributed by atoms with van der Waals surface area (Å²) in [5, 5.41) is 6.12. The van der Waals surface area contributed by atoms with Gasteiger partial charge in [-0.15, -0.1) is 0 Å². The first-order valence-electron chi connectivity index (χ1n) is 4.44. The summed E-state index contributed by atoms with van der Waals surface area (Å²) < 4.78 is 0. The molecule has 1 atom stereocenters. The van der Waals surface area contributed by atoms with E-state index in [1.807, 2.05) is 30.3 Å². The fraction of sp³-hybridized carbons (Fsp3) is 0.300. The van der Waals surface area contributed by atoms with Crippen LogP contribution in [-0.4, -0.2) is 12.5 Å². The molecule has 0 radical (unpaired) electrons. The van der Waals surface area contributed by atoms with Gasteiger partial charge in [0.2, 0.25) is 5.91 Å². The Bertz CT molecular complexity index is 297. The molecule has 1 saturated heterocycles. The molecule has 1 fully saturated rings. The van der Waals surface area contributed by atoms with Crippen molar-refractivity contribution >= 4 is 5.91 Å². The van der Waals surface area contributed by atoms with E-state index in [0.29, 0.717) is 6.42 Å². The van der Waals surface area contributed by atoms with E-state index in [-0.39, 0.29) is 12.1 Å². The van der Waals surface area contributed by atoms with Gasteiger partial charge < -0.3 is 5.32 Å². The van der Waals surface area contributed by atoms with Crippen molar-refractivity contribution in [3.05, 3.63) is 35.9 Å². The summed E-state index contributed by atoms with van der Waals surface area (Å²) in [7, 11) is 0. The maximum atomic E-state index is 11.1. The summed E-state index contributed by atoms with van der Waals surface area (Å²) in [6, 6.07) is 9.91. The number of carbonyl (C=O) groups excluding carboxylic acids is 1. The molecule has 2 N–H and O–H groups in total. The zero-order valence-corrected chi connectivity index (χ0v) is 7.29. The lowest BCUT2D eigenvalue weighted by molar-refractivity contribution is -0.123. The minimum atomic E-state index is -0.0116. The topological polar surface area (TPSA) is 41.1 Å². The first-order chi connectivity index (χ1) is 6.36. The zero-order chi connectivity index (χ0) is 9.10. The molecule has 1 aromatic rings. The van der Waals surface area contributed by atoms with Crippen molar-refractivity contribution in [1.29, 1.82) is 0 Å². The third kappa shape index (κ3) is 1.87. The molecule has 1 aliphatic heterocycles. The van der Waals surface area contributed by atoms with Crippen molar-refractivity contribution < 1.29 is 4.79 Å². The van der Waals surface area contributed by atoms with Crippen molar-refractivity contribution in [3.63, 3.8) is 0 Å². The molecule has 0 aromatic heterocycles. The molecule has 1 aliphatic rings. The van der Waals surface area contributed by atoms with Gasteiger partial charge in [-0.25, -0.2) is 0 Å². The highest BCUT2D eigenvalue weighted by molar-refractivity contribution is 5.77. The molecule has 1 heterocycles. The number of amides is 1. The quantitative estimate of drug-likeness (QED) is 0.664. The van der Waals surface area contributed by atoms with Crippen LogP contribution in [0.2, 0.25) is 0 Å². The van der Waals surface area contributed by atoms with Crippen molar-refractivity contribution in [2.45, 2.75) is 12.6 Å². The Morgan fingerprint density at radius 1 is 1.23 bits per heavy atom. The van der Waals surface area contributed by atoms with E-state index in [4.69, 9.17) is 0 Å². The monoisotopic (exact) mass is 176 g/mol. The van der Waals surface area contributed by atoms with Gasteiger partial charge >= 0.3 is 0 Å². The third-order valence-corrected chi connectivity index (χ3v) is 2.14. The lowest BCUT2D eigenvalue weighted by Crippen LogP contribution is -2.44. The maximum Gasteiger partial charge on any atom is 0.222 e. The van der Waals surface area contributed by atoms with Gasteiger partial charge in [-0.05, 0) is 5.56 Å². The van der Waals surface area contributed by atoms with Gasteiger partial charge in [0.15, 0.2) is 0 Å². The first-order valence-corrected chi connectivity index (χ1v) is 4.44. The van der Waals surface area contributed by atoms with Crippen LogP contribution in [0.5, 0.6) is 0 Å².